The van der Waals surface area contributed by atoms with Gasteiger partial charge in [-0.25, -0.2) is 4.99 Å². The number of amides is 1. The van der Waals surface area contributed by atoms with Gasteiger partial charge in [0.15, 0.2) is 5.17 Å². The Bertz CT molecular complexity index is 586. The second-order valence-corrected chi connectivity index (χ2v) is 5.92. The lowest BCUT2D eigenvalue weighted by atomic mass is 9.91. The third-order valence-corrected chi connectivity index (χ3v) is 4.56. The maximum Gasteiger partial charge on any atom is 0.239 e. The first-order valence-corrected chi connectivity index (χ1v) is 6.97. The standard InChI is InChI=1S/C13H12N2O2S/c1-13-6-9(8-4-2-3-5-10(8)17-13)15-11(16)7-18-12(15)14-13/h2-5,9H,6-7H2,1H3/t9-,13+/m1/s1. The second kappa shape index (κ2) is 3.29. The molecule has 0 spiro atoms. The number of fused-ring (bicyclic) bond motifs is 6. The van der Waals surface area contributed by atoms with Crippen molar-refractivity contribution in [1.82, 2.24) is 4.90 Å². The fourth-order valence-electron chi connectivity index (χ4n) is 2.86. The largest absolute Gasteiger partial charge is 0.466 e. The number of carbonyl (C=O) groups excluding carboxylic acids is 1. The minimum Gasteiger partial charge on any atom is -0.466 e. The summed E-state index contributed by atoms with van der Waals surface area (Å²) in [5, 5.41) is 0.813. The van der Waals surface area contributed by atoms with E-state index in [9.17, 15) is 4.79 Å². The molecule has 0 radical (unpaired) electrons. The summed E-state index contributed by atoms with van der Waals surface area (Å²) >= 11 is 1.51. The van der Waals surface area contributed by atoms with Crippen molar-refractivity contribution in [2.45, 2.75) is 25.1 Å². The van der Waals surface area contributed by atoms with Gasteiger partial charge in [0.2, 0.25) is 11.6 Å². The Kier molecular flexibility index (Phi) is 1.91. The van der Waals surface area contributed by atoms with Gasteiger partial charge >= 0.3 is 0 Å². The highest BCUT2D eigenvalue weighted by Crippen LogP contribution is 2.48. The van der Waals surface area contributed by atoms with Crippen LogP contribution in [-0.2, 0) is 4.79 Å². The summed E-state index contributed by atoms with van der Waals surface area (Å²) in [5.74, 6) is 1.50. The summed E-state index contributed by atoms with van der Waals surface area (Å²) in [7, 11) is 0. The lowest BCUT2D eigenvalue weighted by molar-refractivity contribution is -0.127. The van der Waals surface area contributed by atoms with Gasteiger partial charge < -0.3 is 4.74 Å². The molecular weight excluding hydrogens is 248 g/mol. The number of nitrogens with zero attached hydrogens (tertiary/aromatic N) is 2. The van der Waals surface area contributed by atoms with Crippen LogP contribution in [0.4, 0.5) is 0 Å². The molecule has 2 bridgehead atoms. The Morgan fingerprint density at radius 2 is 2.33 bits per heavy atom. The number of carbonyl (C=O) groups is 1. The topological polar surface area (TPSA) is 41.9 Å². The van der Waals surface area contributed by atoms with Crippen molar-refractivity contribution in [2.24, 2.45) is 4.99 Å². The third-order valence-electron chi connectivity index (χ3n) is 3.62. The van der Waals surface area contributed by atoms with E-state index in [2.05, 4.69) is 4.99 Å². The first-order chi connectivity index (χ1) is 8.66. The number of benzene rings is 1. The normalized spacial score (nSPS) is 32.5. The molecule has 18 heavy (non-hydrogen) atoms. The van der Waals surface area contributed by atoms with Crippen molar-refractivity contribution in [3.05, 3.63) is 29.8 Å². The van der Waals surface area contributed by atoms with E-state index in [-0.39, 0.29) is 11.9 Å². The molecule has 4 nitrogen and oxygen atoms in total. The number of aliphatic imine (C=N–C) groups is 1. The summed E-state index contributed by atoms with van der Waals surface area (Å²) in [5.41, 5.74) is 0.570. The fraction of sp³-hybridized carbons (Fsp3) is 0.385. The van der Waals surface area contributed by atoms with E-state index in [1.54, 1.807) is 0 Å². The predicted molar refractivity (Wildman–Crippen MR) is 69.6 cm³/mol. The van der Waals surface area contributed by atoms with Crippen LogP contribution in [0, 0.1) is 0 Å². The number of amidine groups is 1. The lowest BCUT2D eigenvalue weighted by Gasteiger charge is -2.44. The molecule has 0 aliphatic carbocycles. The SMILES string of the molecule is C[C@@]12C[C@H](c3ccccc3O1)N1C(=O)CSC1=N2. The molecule has 1 amide bonds. The Labute approximate surface area is 109 Å². The van der Waals surface area contributed by atoms with E-state index in [1.807, 2.05) is 36.1 Å². The van der Waals surface area contributed by atoms with Gasteiger partial charge in [-0.2, -0.15) is 0 Å². The number of para-hydroxylation sites is 1. The average molecular weight is 260 g/mol. The molecule has 5 heteroatoms. The molecule has 0 unspecified atom stereocenters. The monoisotopic (exact) mass is 260 g/mol. The molecule has 0 N–H and O–H groups in total. The van der Waals surface area contributed by atoms with Crippen LogP contribution in [-0.4, -0.2) is 27.5 Å². The molecule has 1 aromatic rings. The highest BCUT2D eigenvalue weighted by molar-refractivity contribution is 8.15. The van der Waals surface area contributed by atoms with Gasteiger partial charge in [-0.05, 0) is 13.0 Å². The lowest BCUT2D eigenvalue weighted by Crippen LogP contribution is -2.49. The van der Waals surface area contributed by atoms with E-state index >= 15 is 0 Å². The van der Waals surface area contributed by atoms with Gasteiger partial charge in [0, 0.05) is 12.0 Å². The van der Waals surface area contributed by atoms with E-state index in [1.165, 1.54) is 11.8 Å². The maximum absolute atomic E-state index is 12.0. The van der Waals surface area contributed by atoms with Gasteiger partial charge in [0.05, 0.1) is 11.8 Å². The van der Waals surface area contributed by atoms with Crippen molar-refractivity contribution in [3.8, 4) is 5.75 Å². The Balaban J connectivity index is 1.92. The molecule has 92 valence electrons. The van der Waals surface area contributed by atoms with Crippen LogP contribution in [0.25, 0.3) is 0 Å². The van der Waals surface area contributed by atoms with E-state index < -0.39 is 5.72 Å². The Morgan fingerprint density at radius 3 is 3.22 bits per heavy atom. The summed E-state index contributed by atoms with van der Waals surface area (Å²) in [4.78, 5) is 18.5. The van der Waals surface area contributed by atoms with Gasteiger partial charge in [-0.3, -0.25) is 9.69 Å². The highest BCUT2D eigenvalue weighted by Gasteiger charge is 2.49. The zero-order chi connectivity index (χ0) is 12.3. The molecule has 0 aromatic heterocycles. The molecule has 1 saturated heterocycles. The van der Waals surface area contributed by atoms with Crippen molar-refractivity contribution in [1.29, 1.82) is 0 Å². The van der Waals surface area contributed by atoms with E-state index in [0.29, 0.717) is 5.75 Å². The molecule has 3 heterocycles. The van der Waals surface area contributed by atoms with Crippen LogP contribution < -0.4 is 4.74 Å². The smallest absolute Gasteiger partial charge is 0.239 e. The van der Waals surface area contributed by atoms with Crippen LogP contribution in [0.3, 0.4) is 0 Å². The fourth-order valence-corrected chi connectivity index (χ4v) is 3.88. The van der Waals surface area contributed by atoms with Crippen LogP contribution in [0.1, 0.15) is 24.9 Å². The molecule has 1 fully saturated rings. The quantitative estimate of drug-likeness (QED) is 0.718. The number of hydrogen-bond donors (Lipinski definition) is 0. The predicted octanol–water partition coefficient (Wildman–Crippen LogP) is 2.17. The second-order valence-electron chi connectivity index (χ2n) is 4.98. The molecule has 0 saturated carbocycles. The first-order valence-electron chi connectivity index (χ1n) is 5.99. The molecule has 3 aliphatic heterocycles. The van der Waals surface area contributed by atoms with Gasteiger partial charge in [0.25, 0.3) is 0 Å². The number of rotatable bonds is 0. The number of thioether (sulfide) groups is 1. The summed E-state index contributed by atoms with van der Waals surface area (Å²) in [6.07, 6.45) is 0.736. The Hall–Kier alpha value is -1.49. The molecule has 2 atom stereocenters. The van der Waals surface area contributed by atoms with Crippen LogP contribution >= 0.6 is 11.8 Å². The number of hydrogen-bond acceptors (Lipinski definition) is 4. The summed E-state index contributed by atoms with van der Waals surface area (Å²) < 4.78 is 5.99. The van der Waals surface area contributed by atoms with Gasteiger partial charge in [-0.1, -0.05) is 30.0 Å². The number of ether oxygens (including phenoxy) is 1. The minimum atomic E-state index is -0.525. The molecule has 4 rings (SSSR count). The van der Waals surface area contributed by atoms with Gasteiger partial charge in [-0.15, -0.1) is 0 Å². The van der Waals surface area contributed by atoms with E-state index in [0.717, 1.165) is 22.9 Å². The average Bonchev–Trinajstić information content (AvgIpc) is 2.69. The van der Waals surface area contributed by atoms with Crippen LogP contribution in [0.2, 0.25) is 0 Å². The summed E-state index contributed by atoms with van der Waals surface area (Å²) in [6, 6.07) is 8.01. The Morgan fingerprint density at radius 1 is 1.50 bits per heavy atom. The minimum absolute atomic E-state index is 0.0787. The zero-order valence-corrected chi connectivity index (χ0v) is 10.7. The van der Waals surface area contributed by atoms with Crippen molar-refractivity contribution in [2.75, 3.05) is 5.75 Å². The van der Waals surface area contributed by atoms with Crippen molar-refractivity contribution < 1.29 is 9.53 Å². The molecular formula is C13H12N2O2S. The third kappa shape index (κ3) is 1.28. The zero-order valence-electron chi connectivity index (χ0n) is 9.92. The van der Waals surface area contributed by atoms with Crippen LogP contribution in [0.5, 0.6) is 5.75 Å². The van der Waals surface area contributed by atoms with Crippen LogP contribution in [0.15, 0.2) is 29.3 Å². The maximum atomic E-state index is 12.0. The molecule has 1 aromatic carbocycles. The summed E-state index contributed by atoms with van der Waals surface area (Å²) in [6.45, 7) is 1.99. The van der Waals surface area contributed by atoms with E-state index in [4.69, 9.17) is 4.74 Å². The van der Waals surface area contributed by atoms with Crippen molar-refractivity contribution >= 4 is 22.8 Å². The first kappa shape index (κ1) is 10.4. The highest BCUT2D eigenvalue weighted by atomic mass is 32.2. The van der Waals surface area contributed by atoms with Crippen molar-refractivity contribution in [3.63, 3.8) is 0 Å². The van der Waals surface area contributed by atoms with Gasteiger partial charge in [0.1, 0.15) is 5.75 Å². The molecule has 3 aliphatic rings.